The van der Waals surface area contributed by atoms with Crippen LogP contribution in [0.2, 0.25) is 0 Å². The van der Waals surface area contributed by atoms with Gasteiger partial charge in [0.1, 0.15) is 5.82 Å². The Morgan fingerprint density at radius 3 is 2.67 bits per heavy atom. The highest BCUT2D eigenvalue weighted by molar-refractivity contribution is 5.83. The molecule has 0 saturated carbocycles. The Balaban J connectivity index is 1.93. The first-order valence-electron chi connectivity index (χ1n) is 7.79. The highest BCUT2D eigenvalue weighted by Crippen LogP contribution is 2.19. The molecule has 1 unspecified atom stereocenters. The van der Waals surface area contributed by atoms with Crippen LogP contribution < -0.4 is 11.3 Å². The van der Waals surface area contributed by atoms with E-state index in [-0.39, 0.29) is 11.6 Å². The molecule has 112 valence electrons. The van der Waals surface area contributed by atoms with Crippen LogP contribution in [-0.2, 0) is 0 Å². The van der Waals surface area contributed by atoms with Crippen molar-refractivity contribution in [1.82, 2.24) is 9.47 Å². The van der Waals surface area contributed by atoms with Gasteiger partial charge in [0.05, 0.1) is 0 Å². The van der Waals surface area contributed by atoms with Crippen molar-refractivity contribution in [3.05, 3.63) is 40.7 Å². The summed E-state index contributed by atoms with van der Waals surface area (Å²) in [7, 11) is 0. The Morgan fingerprint density at radius 1 is 1.19 bits per heavy atom. The molecule has 1 aliphatic rings. The van der Waals surface area contributed by atoms with E-state index in [2.05, 4.69) is 11.8 Å². The standard InChI is InChI=1S/C17H23N3O/c1-13(12-19-9-5-2-6-10-19)20-16(18)11-14-7-3-4-8-15(14)17(20)21/h3-4,7-8,11,13H,2,5-6,9-10,12,18H2,1H3. The predicted octanol–water partition coefficient (Wildman–Crippen LogP) is 2.63. The summed E-state index contributed by atoms with van der Waals surface area (Å²) in [5, 5.41) is 1.67. The first-order chi connectivity index (χ1) is 10.2. The van der Waals surface area contributed by atoms with Crippen LogP contribution in [0.5, 0.6) is 0 Å². The lowest BCUT2D eigenvalue weighted by atomic mass is 10.1. The molecule has 1 aromatic carbocycles. The van der Waals surface area contributed by atoms with Gasteiger partial charge in [-0.2, -0.15) is 0 Å². The van der Waals surface area contributed by atoms with Crippen LogP contribution >= 0.6 is 0 Å². The van der Waals surface area contributed by atoms with Gasteiger partial charge in [0.25, 0.3) is 5.56 Å². The maximum Gasteiger partial charge on any atom is 0.260 e. The molecular formula is C17H23N3O. The number of anilines is 1. The van der Waals surface area contributed by atoms with E-state index >= 15 is 0 Å². The number of nitrogens with zero attached hydrogens (tertiary/aromatic N) is 2. The fourth-order valence-corrected chi connectivity index (χ4v) is 3.35. The third kappa shape index (κ3) is 2.81. The molecule has 0 aliphatic carbocycles. The van der Waals surface area contributed by atoms with Crippen LogP contribution in [0.15, 0.2) is 35.1 Å². The first kappa shape index (κ1) is 14.1. The van der Waals surface area contributed by atoms with E-state index in [0.29, 0.717) is 5.82 Å². The molecule has 2 heterocycles. The van der Waals surface area contributed by atoms with Crippen LogP contribution in [0.4, 0.5) is 5.82 Å². The van der Waals surface area contributed by atoms with Crippen LogP contribution in [-0.4, -0.2) is 29.1 Å². The summed E-state index contributed by atoms with van der Waals surface area (Å²) in [4.78, 5) is 15.1. The zero-order chi connectivity index (χ0) is 14.8. The number of aromatic nitrogens is 1. The minimum atomic E-state index is 0.0232. The Bertz CT molecular complexity index is 686. The normalized spacial score (nSPS) is 18.0. The predicted molar refractivity (Wildman–Crippen MR) is 87.6 cm³/mol. The summed E-state index contributed by atoms with van der Waals surface area (Å²) in [6.07, 6.45) is 3.84. The number of hydrogen-bond donors (Lipinski definition) is 1. The third-order valence-electron chi connectivity index (χ3n) is 4.40. The number of rotatable bonds is 3. The summed E-state index contributed by atoms with van der Waals surface area (Å²) in [6.45, 7) is 5.24. The van der Waals surface area contributed by atoms with Crippen LogP contribution in [0, 0.1) is 0 Å². The molecule has 1 saturated heterocycles. The summed E-state index contributed by atoms with van der Waals surface area (Å²) < 4.78 is 1.75. The van der Waals surface area contributed by atoms with Crippen LogP contribution in [0.1, 0.15) is 32.2 Å². The minimum absolute atomic E-state index is 0.0232. The molecule has 0 radical (unpaired) electrons. The molecule has 1 aromatic heterocycles. The van der Waals surface area contributed by atoms with Gasteiger partial charge in [-0.3, -0.25) is 9.36 Å². The molecule has 2 aromatic rings. The van der Waals surface area contributed by atoms with E-state index in [1.165, 1.54) is 19.3 Å². The Hall–Kier alpha value is -1.81. The largest absolute Gasteiger partial charge is 0.385 e. The number of benzene rings is 1. The molecular weight excluding hydrogens is 262 g/mol. The monoisotopic (exact) mass is 285 g/mol. The molecule has 0 bridgehead atoms. The molecule has 4 nitrogen and oxygen atoms in total. The second-order valence-electron chi connectivity index (χ2n) is 6.04. The van der Waals surface area contributed by atoms with Gasteiger partial charge in [0, 0.05) is 18.0 Å². The first-order valence-corrected chi connectivity index (χ1v) is 7.79. The number of nitrogen functional groups attached to an aromatic ring is 1. The van der Waals surface area contributed by atoms with Gasteiger partial charge in [-0.1, -0.05) is 24.6 Å². The maximum atomic E-state index is 12.7. The minimum Gasteiger partial charge on any atom is -0.385 e. The van der Waals surface area contributed by atoms with Gasteiger partial charge in [-0.15, -0.1) is 0 Å². The smallest absolute Gasteiger partial charge is 0.260 e. The van der Waals surface area contributed by atoms with Crippen molar-refractivity contribution in [3.63, 3.8) is 0 Å². The maximum absolute atomic E-state index is 12.7. The van der Waals surface area contributed by atoms with E-state index in [1.54, 1.807) is 4.57 Å². The van der Waals surface area contributed by atoms with Crippen molar-refractivity contribution in [1.29, 1.82) is 0 Å². The van der Waals surface area contributed by atoms with E-state index < -0.39 is 0 Å². The third-order valence-corrected chi connectivity index (χ3v) is 4.40. The highest BCUT2D eigenvalue weighted by atomic mass is 16.1. The van der Waals surface area contributed by atoms with Crippen molar-refractivity contribution >= 4 is 16.6 Å². The fourth-order valence-electron chi connectivity index (χ4n) is 3.35. The number of pyridine rings is 1. The van der Waals surface area contributed by atoms with E-state index in [9.17, 15) is 4.79 Å². The van der Waals surface area contributed by atoms with Gasteiger partial charge in [-0.05, 0) is 50.4 Å². The second-order valence-corrected chi connectivity index (χ2v) is 6.04. The molecule has 3 rings (SSSR count). The van der Waals surface area contributed by atoms with Gasteiger partial charge >= 0.3 is 0 Å². The van der Waals surface area contributed by atoms with Crippen LogP contribution in [0.25, 0.3) is 10.8 Å². The Kier molecular flexibility index (Phi) is 3.97. The number of nitrogens with two attached hydrogens (primary N) is 1. The average molecular weight is 285 g/mol. The van der Waals surface area contributed by atoms with Gasteiger partial charge in [0.2, 0.25) is 0 Å². The molecule has 21 heavy (non-hydrogen) atoms. The van der Waals surface area contributed by atoms with E-state index in [4.69, 9.17) is 5.73 Å². The summed E-state index contributed by atoms with van der Waals surface area (Å²) in [6, 6.07) is 9.65. The van der Waals surface area contributed by atoms with Gasteiger partial charge in [0.15, 0.2) is 0 Å². The van der Waals surface area contributed by atoms with E-state index in [0.717, 1.165) is 30.4 Å². The lowest BCUT2D eigenvalue weighted by Gasteiger charge is -2.30. The Morgan fingerprint density at radius 2 is 1.90 bits per heavy atom. The van der Waals surface area contributed by atoms with Crippen molar-refractivity contribution in [3.8, 4) is 0 Å². The van der Waals surface area contributed by atoms with E-state index in [1.807, 2.05) is 30.3 Å². The summed E-state index contributed by atoms with van der Waals surface area (Å²) in [5.41, 5.74) is 6.16. The summed E-state index contributed by atoms with van der Waals surface area (Å²) >= 11 is 0. The Labute approximate surface area is 125 Å². The number of likely N-dealkylation sites (tertiary alicyclic amines) is 1. The SMILES string of the molecule is CC(CN1CCCCC1)n1c(N)cc2ccccc2c1=O. The molecule has 2 N–H and O–H groups in total. The molecule has 0 spiro atoms. The highest BCUT2D eigenvalue weighted by Gasteiger charge is 2.17. The van der Waals surface area contributed by atoms with Crippen molar-refractivity contribution in [2.45, 2.75) is 32.2 Å². The molecule has 0 amide bonds. The van der Waals surface area contributed by atoms with Gasteiger partial charge in [-0.25, -0.2) is 0 Å². The number of fused-ring (bicyclic) bond motifs is 1. The zero-order valence-corrected chi connectivity index (χ0v) is 12.6. The molecule has 4 heteroatoms. The topological polar surface area (TPSA) is 51.3 Å². The molecule has 1 fully saturated rings. The van der Waals surface area contributed by atoms with Crippen molar-refractivity contribution in [2.75, 3.05) is 25.4 Å². The number of piperidine rings is 1. The number of hydrogen-bond acceptors (Lipinski definition) is 3. The van der Waals surface area contributed by atoms with Crippen LogP contribution in [0.3, 0.4) is 0 Å². The fraction of sp³-hybridized carbons (Fsp3) is 0.471. The average Bonchev–Trinajstić information content (AvgIpc) is 2.48. The van der Waals surface area contributed by atoms with Crippen molar-refractivity contribution in [2.24, 2.45) is 0 Å². The summed E-state index contributed by atoms with van der Waals surface area (Å²) in [5.74, 6) is 0.559. The van der Waals surface area contributed by atoms with Crippen molar-refractivity contribution < 1.29 is 0 Å². The molecule has 1 atom stereocenters. The lowest BCUT2D eigenvalue weighted by Crippen LogP contribution is -2.37. The zero-order valence-electron chi connectivity index (χ0n) is 12.6. The van der Waals surface area contributed by atoms with Gasteiger partial charge < -0.3 is 10.6 Å². The quantitative estimate of drug-likeness (QED) is 0.943. The second kappa shape index (κ2) is 5.90. The lowest BCUT2D eigenvalue weighted by molar-refractivity contribution is 0.201. The molecule has 1 aliphatic heterocycles.